The first kappa shape index (κ1) is 16.8. The largest absolute Gasteiger partial charge is 0.467 e. The number of piperazine rings is 1. The van der Waals surface area contributed by atoms with Gasteiger partial charge in [-0.15, -0.1) is 0 Å². The molecule has 1 amide bonds. The van der Waals surface area contributed by atoms with Crippen LogP contribution >= 0.6 is 0 Å². The standard InChI is InChI=1S/C17H23N3O4/c21-15(16-4-2-10-24-16)12-19-5-7-20(8-6-19)13-17(22)18-11-14-3-1-9-23-14/h1-4,9-10,15,21H,5-8,11-13H2,(H,18,22). The molecule has 0 bridgehead atoms. The van der Waals surface area contributed by atoms with Gasteiger partial charge in [-0.25, -0.2) is 0 Å². The van der Waals surface area contributed by atoms with E-state index in [1.54, 1.807) is 30.7 Å². The van der Waals surface area contributed by atoms with E-state index in [0.717, 1.165) is 31.9 Å². The van der Waals surface area contributed by atoms with E-state index in [-0.39, 0.29) is 5.91 Å². The van der Waals surface area contributed by atoms with Crippen molar-refractivity contribution in [2.75, 3.05) is 39.3 Å². The first-order valence-corrected chi connectivity index (χ1v) is 8.16. The minimum atomic E-state index is -0.608. The highest BCUT2D eigenvalue weighted by molar-refractivity contribution is 5.77. The van der Waals surface area contributed by atoms with Gasteiger partial charge in [-0.2, -0.15) is 0 Å². The average molecular weight is 333 g/mol. The highest BCUT2D eigenvalue weighted by Gasteiger charge is 2.22. The third-order valence-electron chi connectivity index (χ3n) is 4.17. The molecule has 2 aromatic rings. The van der Waals surface area contributed by atoms with Gasteiger partial charge in [0.1, 0.15) is 17.6 Å². The maximum Gasteiger partial charge on any atom is 0.234 e. The number of nitrogens with zero attached hydrogens (tertiary/aromatic N) is 2. The van der Waals surface area contributed by atoms with Crippen molar-refractivity contribution in [2.45, 2.75) is 12.6 Å². The van der Waals surface area contributed by atoms with E-state index in [1.807, 2.05) is 6.07 Å². The van der Waals surface area contributed by atoms with Crippen molar-refractivity contribution in [1.29, 1.82) is 0 Å². The monoisotopic (exact) mass is 333 g/mol. The molecule has 0 spiro atoms. The van der Waals surface area contributed by atoms with E-state index < -0.39 is 6.10 Å². The number of hydrogen-bond acceptors (Lipinski definition) is 6. The Morgan fingerprint density at radius 2 is 1.83 bits per heavy atom. The van der Waals surface area contributed by atoms with Gasteiger partial charge in [0.05, 0.1) is 25.6 Å². The second-order valence-corrected chi connectivity index (χ2v) is 5.96. The van der Waals surface area contributed by atoms with Crippen LogP contribution in [0.2, 0.25) is 0 Å². The predicted molar refractivity (Wildman–Crippen MR) is 87.1 cm³/mol. The summed E-state index contributed by atoms with van der Waals surface area (Å²) in [6.07, 6.45) is 2.55. The lowest BCUT2D eigenvalue weighted by Gasteiger charge is -2.34. The zero-order valence-electron chi connectivity index (χ0n) is 13.6. The molecule has 24 heavy (non-hydrogen) atoms. The maximum absolute atomic E-state index is 12.0. The van der Waals surface area contributed by atoms with Crippen molar-refractivity contribution in [3.8, 4) is 0 Å². The molecule has 1 atom stereocenters. The fourth-order valence-electron chi connectivity index (χ4n) is 2.80. The minimum Gasteiger partial charge on any atom is -0.467 e. The molecule has 1 fully saturated rings. The second-order valence-electron chi connectivity index (χ2n) is 5.96. The predicted octanol–water partition coefficient (Wildman–Crippen LogP) is 0.840. The maximum atomic E-state index is 12.0. The molecule has 0 radical (unpaired) electrons. The van der Waals surface area contributed by atoms with Gasteiger partial charge in [0.25, 0.3) is 0 Å². The molecule has 1 aliphatic heterocycles. The summed E-state index contributed by atoms with van der Waals surface area (Å²) in [7, 11) is 0. The number of carbonyl (C=O) groups is 1. The summed E-state index contributed by atoms with van der Waals surface area (Å²) in [5, 5.41) is 13.0. The van der Waals surface area contributed by atoms with Crippen LogP contribution in [-0.2, 0) is 11.3 Å². The topological polar surface area (TPSA) is 82.1 Å². The summed E-state index contributed by atoms with van der Waals surface area (Å²) in [5.41, 5.74) is 0. The fourth-order valence-corrected chi connectivity index (χ4v) is 2.80. The number of amides is 1. The molecule has 0 aromatic carbocycles. The molecular weight excluding hydrogens is 310 g/mol. The third kappa shape index (κ3) is 4.70. The Bertz CT molecular complexity index is 604. The number of aliphatic hydroxyl groups is 1. The molecule has 1 unspecified atom stereocenters. The van der Waals surface area contributed by atoms with Gasteiger partial charge in [0.15, 0.2) is 0 Å². The van der Waals surface area contributed by atoms with Gasteiger partial charge in [-0.3, -0.25) is 14.6 Å². The minimum absolute atomic E-state index is 0.00419. The van der Waals surface area contributed by atoms with Crippen molar-refractivity contribution in [3.63, 3.8) is 0 Å². The lowest BCUT2D eigenvalue weighted by molar-refractivity contribution is -0.123. The van der Waals surface area contributed by atoms with Crippen molar-refractivity contribution in [2.24, 2.45) is 0 Å². The molecule has 1 saturated heterocycles. The Hall–Kier alpha value is -2.09. The number of hydrogen-bond donors (Lipinski definition) is 2. The number of furan rings is 2. The van der Waals surface area contributed by atoms with Crippen LogP contribution in [0.1, 0.15) is 17.6 Å². The first-order chi connectivity index (χ1) is 11.7. The summed E-state index contributed by atoms with van der Waals surface area (Å²) in [4.78, 5) is 16.3. The van der Waals surface area contributed by atoms with Crippen molar-refractivity contribution >= 4 is 5.91 Å². The quantitative estimate of drug-likeness (QED) is 0.781. The van der Waals surface area contributed by atoms with E-state index in [0.29, 0.717) is 25.4 Å². The summed E-state index contributed by atoms with van der Waals surface area (Å²) in [6, 6.07) is 7.20. The van der Waals surface area contributed by atoms with Crippen LogP contribution in [0.15, 0.2) is 45.6 Å². The molecule has 3 heterocycles. The normalized spacial score (nSPS) is 17.7. The van der Waals surface area contributed by atoms with Gasteiger partial charge in [0, 0.05) is 32.7 Å². The molecule has 3 rings (SSSR count). The van der Waals surface area contributed by atoms with Crippen LogP contribution in [0.3, 0.4) is 0 Å². The zero-order chi connectivity index (χ0) is 16.8. The number of rotatable bonds is 7. The van der Waals surface area contributed by atoms with E-state index in [1.165, 1.54) is 0 Å². The SMILES string of the molecule is O=C(CN1CCN(CC(O)c2ccco2)CC1)NCc1ccco1. The van der Waals surface area contributed by atoms with Crippen LogP contribution in [0.25, 0.3) is 0 Å². The Balaban J connectivity index is 1.35. The van der Waals surface area contributed by atoms with Crippen LogP contribution in [0.5, 0.6) is 0 Å². The average Bonchev–Trinajstić information content (AvgIpc) is 3.28. The van der Waals surface area contributed by atoms with Gasteiger partial charge >= 0.3 is 0 Å². The molecule has 0 saturated carbocycles. The van der Waals surface area contributed by atoms with Gasteiger partial charge in [-0.05, 0) is 24.3 Å². The first-order valence-electron chi connectivity index (χ1n) is 8.16. The van der Waals surface area contributed by atoms with Crippen molar-refractivity contribution < 1.29 is 18.7 Å². The summed E-state index contributed by atoms with van der Waals surface area (Å²) in [5.74, 6) is 1.34. The molecule has 0 aliphatic carbocycles. The molecule has 130 valence electrons. The van der Waals surface area contributed by atoms with Gasteiger partial charge in [0.2, 0.25) is 5.91 Å². The van der Waals surface area contributed by atoms with Crippen LogP contribution < -0.4 is 5.32 Å². The number of nitrogens with one attached hydrogen (secondary N) is 1. The van der Waals surface area contributed by atoms with Crippen LogP contribution in [0, 0.1) is 0 Å². The summed E-state index contributed by atoms with van der Waals surface area (Å²) in [6.45, 7) is 4.60. The Kier molecular flexibility index (Phi) is 5.68. The number of carbonyl (C=O) groups excluding carboxylic acids is 1. The number of β-amino-alcohol motifs (C(OH)–C–C–N with tert-alkyl or cyclic N) is 1. The lowest BCUT2D eigenvalue weighted by atomic mass is 10.2. The Labute approximate surface area is 140 Å². The molecular formula is C17H23N3O4. The molecule has 1 aliphatic rings. The molecule has 7 heteroatoms. The van der Waals surface area contributed by atoms with Crippen molar-refractivity contribution in [3.05, 3.63) is 48.3 Å². The summed E-state index contributed by atoms with van der Waals surface area (Å²) < 4.78 is 10.4. The van der Waals surface area contributed by atoms with E-state index in [2.05, 4.69) is 15.1 Å². The zero-order valence-corrected chi connectivity index (χ0v) is 13.6. The van der Waals surface area contributed by atoms with Crippen molar-refractivity contribution in [1.82, 2.24) is 15.1 Å². The number of aliphatic hydroxyl groups excluding tert-OH is 1. The van der Waals surface area contributed by atoms with Crippen LogP contribution in [0.4, 0.5) is 0 Å². The second kappa shape index (κ2) is 8.14. The Morgan fingerprint density at radius 1 is 1.12 bits per heavy atom. The smallest absolute Gasteiger partial charge is 0.234 e. The molecule has 2 N–H and O–H groups in total. The van der Waals surface area contributed by atoms with E-state index in [4.69, 9.17) is 8.83 Å². The highest BCUT2D eigenvalue weighted by atomic mass is 16.4. The van der Waals surface area contributed by atoms with Gasteiger partial charge < -0.3 is 19.3 Å². The lowest BCUT2D eigenvalue weighted by Crippen LogP contribution is -2.50. The Morgan fingerprint density at radius 3 is 2.50 bits per heavy atom. The molecule has 2 aromatic heterocycles. The third-order valence-corrected chi connectivity index (χ3v) is 4.17. The molecule has 7 nitrogen and oxygen atoms in total. The van der Waals surface area contributed by atoms with Gasteiger partial charge in [-0.1, -0.05) is 0 Å². The fraction of sp³-hybridized carbons (Fsp3) is 0.471. The highest BCUT2D eigenvalue weighted by Crippen LogP contribution is 2.15. The van der Waals surface area contributed by atoms with E-state index in [9.17, 15) is 9.90 Å². The van der Waals surface area contributed by atoms with Crippen LogP contribution in [-0.4, -0.2) is 60.1 Å². The summed E-state index contributed by atoms with van der Waals surface area (Å²) >= 11 is 0. The van der Waals surface area contributed by atoms with E-state index >= 15 is 0 Å².